The fourth-order valence-electron chi connectivity index (χ4n) is 8.73. The second-order valence-corrected chi connectivity index (χ2v) is 13.7. The summed E-state index contributed by atoms with van der Waals surface area (Å²) < 4.78 is 18.8. The smallest absolute Gasteiger partial charge is 0.410 e. The number of Topliss-reactive ketones (excluding diaryl/α,β-unsaturated/α-hetero) is 1. The monoisotopic (exact) mass is 513 g/mol. The standard InChI is InChI=1S/C30H43NO6/c1-17-15-29-18(2)13-21-22(27(21,3)4)20(23(29)32)14-19-16-35-28(5,6)37-25(19)30(29,34)24(17)36-26(33)31-11-9-7-8-10-12-31/h14-15,18,20-22,24-25,34H,7-13,16H2,1-6H3/t18?,20-,21+,22+,24-,25+,29?,30+/m0/s1. The zero-order valence-electron chi connectivity index (χ0n) is 23.2. The first-order valence-corrected chi connectivity index (χ1v) is 14.3. The number of likely N-dealkylation sites (tertiary alicyclic amines) is 1. The van der Waals surface area contributed by atoms with Crippen LogP contribution in [-0.2, 0) is 19.0 Å². The predicted molar refractivity (Wildman–Crippen MR) is 137 cm³/mol. The highest BCUT2D eigenvalue weighted by atomic mass is 16.7. The Bertz CT molecular complexity index is 1070. The molecule has 1 amide bonds. The van der Waals surface area contributed by atoms with E-state index < -0.39 is 35.1 Å². The summed E-state index contributed by atoms with van der Waals surface area (Å²) in [7, 11) is 0. The van der Waals surface area contributed by atoms with Crippen molar-refractivity contribution in [2.24, 2.45) is 34.5 Å². The zero-order chi connectivity index (χ0) is 26.5. The topological polar surface area (TPSA) is 85.3 Å². The van der Waals surface area contributed by atoms with E-state index in [-0.39, 0.29) is 35.6 Å². The number of amides is 1. The molecular formula is C30H43NO6. The largest absolute Gasteiger partial charge is 0.438 e. The Balaban J connectivity index is 1.47. The van der Waals surface area contributed by atoms with E-state index in [4.69, 9.17) is 14.2 Å². The first kappa shape index (κ1) is 25.6. The third kappa shape index (κ3) is 3.42. The van der Waals surface area contributed by atoms with Gasteiger partial charge < -0.3 is 24.2 Å². The minimum absolute atomic E-state index is 0.0385. The summed E-state index contributed by atoms with van der Waals surface area (Å²) >= 11 is 0. The molecule has 2 aliphatic heterocycles. The van der Waals surface area contributed by atoms with E-state index in [1.165, 1.54) is 0 Å². The summed E-state index contributed by atoms with van der Waals surface area (Å²) in [6, 6.07) is 0. The van der Waals surface area contributed by atoms with Crippen LogP contribution in [0.5, 0.6) is 0 Å². The molecule has 2 heterocycles. The fourth-order valence-corrected chi connectivity index (χ4v) is 8.73. The van der Waals surface area contributed by atoms with Gasteiger partial charge >= 0.3 is 6.09 Å². The third-order valence-corrected chi connectivity index (χ3v) is 10.8. The lowest BCUT2D eigenvalue weighted by molar-refractivity contribution is -0.303. The van der Waals surface area contributed by atoms with Gasteiger partial charge in [0.1, 0.15) is 6.10 Å². The Morgan fingerprint density at radius 1 is 1.14 bits per heavy atom. The SMILES string of the molecule is CC1=CC23C(=O)[C@@H](C=C4COC(C)(C)O[C@H]4[C@]2(O)[C@H]1OC(=O)N1CCCCCC1)[C@@H]1[C@@H](CC3C)C1(C)C. The summed E-state index contributed by atoms with van der Waals surface area (Å²) in [5, 5.41) is 13.1. The summed E-state index contributed by atoms with van der Waals surface area (Å²) in [4.78, 5) is 30.0. The van der Waals surface area contributed by atoms with Crippen molar-refractivity contribution < 1.29 is 28.9 Å². The average molecular weight is 514 g/mol. The molecule has 4 aliphatic carbocycles. The Morgan fingerprint density at radius 2 is 1.81 bits per heavy atom. The first-order valence-electron chi connectivity index (χ1n) is 14.3. The Kier molecular flexibility index (Phi) is 5.63. The summed E-state index contributed by atoms with van der Waals surface area (Å²) in [6.45, 7) is 13.7. The minimum Gasteiger partial charge on any atom is -0.438 e. The van der Waals surface area contributed by atoms with Gasteiger partial charge in [-0.05, 0) is 74.3 Å². The highest BCUT2D eigenvalue weighted by Crippen LogP contribution is 2.72. The van der Waals surface area contributed by atoms with Gasteiger partial charge in [-0.2, -0.15) is 0 Å². The average Bonchev–Trinajstić information content (AvgIpc) is 3.44. The van der Waals surface area contributed by atoms with Crippen molar-refractivity contribution in [3.05, 3.63) is 23.3 Å². The second kappa shape index (κ2) is 8.15. The second-order valence-electron chi connectivity index (χ2n) is 13.7. The van der Waals surface area contributed by atoms with Gasteiger partial charge in [0.05, 0.1) is 12.0 Å². The molecule has 0 radical (unpaired) electrons. The van der Waals surface area contributed by atoms with Crippen LogP contribution >= 0.6 is 0 Å². The van der Waals surface area contributed by atoms with E-state index in [0.29, 0.717) is 19.0 Å². The van der Waals surface area contributed by atoms with E-state index in [0.717, 1.165) is 43.3 Å². The molecule has 0 aromatic rings. The lowest BCUT2D eigenvalue weighted by Crippen LogP contribution is -2.68. The number of carbonyl (C=O) groups is 2. The van der Waals surface area contributed by atoms with Crippen molar-refractivity contribution in [1.29, 1.82) is 0 Å². The van der Waals surface area contributed by atoms with E-state index >= 15 is 0 Å². The molecule has 2 saturated heterocycles. The maximum Gasteiger partial charge on any atom is 0.410 e. The Labute approximate surface area is 220 Å². The molecule has 6 aliphatic rings. The molecule has 8 atom stereocenters. The molecule has 6 rings (SSSR count). The van der Waals surface area contributed by atoms with Gasteiger partial charge in [0.25, 0.3) is 0 Å². The number of carbonyl (C=O) groups excluding carboxylic acids is 2. The van der Waals surface area contributed by atoms with Crippen LogP contribution in [0.25, 0.3) is 0 Å². The molecule has 4 fully saturated rings. The van der Waals surface area contributed by atoms with Gasteiger partial charge in [0.2, 0.25) is 0 Å². The zero-order valence-corrected chi connectivity index (χ0v) is 23.2. The lowest BCUT2D eigenvalue weighted by atomic mass is 9.59. The molecule has 1 N–H and O–H groups in total. The van der Waals surface area contributed by atoms with Crippen LogP contribution in [0.4, 0.5) is 4.79 Å². The fraction of sp³-hybridized carbons (Fsp3) is 0.800. The lowest BCUT2D eigenvalue weighted by Gasteiger charge is -2.52. The van der Waals surface area contributed by atoms with Crippen molar-refractivity contribution in [2.45, 2.75) is 97.2 Å². The maximum atomic E-state index is 14.7. The van der Waals surface area contributed by atoms with Gasteiger partial charge in [-0.3, -0.25) is 4.79 Å². The number of ether oxygens (including phenoxy) is 3. The van der Waals surface area contributed by atoms with Gasteiger partial charge in [0, 0.05) is 19.0 Å². The first-order chi connectivity index (χ1) is 17.3. The molecule has 7 heteroatoms. The van der Waals surface area contributed by atoms with Crippen LogP contribution in [0.2, 0.25) is 0 Å². The van der Waals surface area contributed by atoms with Crippen LogP contribution in [0.3, 0.4) is 0 Å². The molecule has 2 saturated carbocycles. The highest BCUT2D eigenvalue weighted by Gasteiger charge is 2.77. The van der Waals surface area contributed by atoms with Crippen molar-refractivity contribution in [2.75, 3.05) is 19.7 Å². The quantitative estimate of drug-likeness (QED) is 0.515. The van der Waals surface area contributed by atoms with E-state index in [2.05, 4.69) is 20.8 Å². The Hall–Kier alpha value is -1.70. The van der Waals surface area contributed by atoms with Gasteiger partial charge in [-0.15, -0.1) is 0 Å². The van der Waals surface area contributed by atoms with Crippen LogP contribution in [0.1, 0.15) is 73.6 Å². The number of aliphatic hydroxyl groups is 1. The molecular weight excluding hydrogens is 470 g/mol. The number of hydrogen-bond acceptors (Lipinski definition) is 6. The molecule has 0 aromatic carbocycles. The van der Waals surface area contributed by atoms with E-state index in [9.17, 15) is 14.7 Å². The molecule has 0 aromatic heterocycles. The van der Waals surface area contributed by atoms with Crippen LogP contribution in [0.15, 0.2) is 23.3 Å². The number of rotatable bonds is 1. The van der Waals surface area contributed by atoms with Gasteiger partial charge in [-0.1, -0.05) is 45.8 Å². The number of fused-ring (bicyclic) bond motifs is 5. The molecule has 2 unspecified atom stereocenters. The third-order valence-electron chi connectivity index (χ3n) is 10.8. The van der Waals surface area contributed by atoms with Crippen LogP contribution < -0.4 is 0 Å². The number of hydrogen-bond donors (Lipinski definition) is 1. The molecule has 1 spiro atoms. The van der Waals surface area contributed by atoms with E-state index in [1.807, 2.05) is 32.9 Å². The van der Waals surface area contributed by atoms with Crippen molar-refractivity contribution >= 4 is 11.9 Å². The summed E-state index contributed by atoms with van der Waals surface area (Å²) in [5.74, 6) is -0.742. The van der Waals surface area contributed by atoms with Gasteiger partial charge in [0.15, 0.2) is 23.3 Å². The predicted octanol–water partition coefficient (Wildman–Crippen LogP) is 4.63. The highest BCUT2D eigenvalue weighted by molar-refractivity contribution is 5.95. The molecule has 7 nitrogen and oxygen atoms in total. The molecule has 37 heavy (non-hydrogen) atoms. The maximum absolute atomic E-state index is 14.7. The number of allylic oxidation sites excluding steroid dienone is 1. The molecule has 204 valence electrons. The number of ketones is 1. The van der Waals surface area contributed by atoms with E-state index in [1.54, 1.807) is 4.90 Å². The van der Waals surface area contributed by atoms with Crippen molar-refractivity contribution in [3.8, 4) is 0 Å². The summed E-state index contributed by atoms with van der Waals surface area (Å²) in [6.07, 6.45) is 6.73. The minimum atomic E-state index is -1.75. The normalized spacial score (nSPS) is 45.7. The van der Waals surface area contributed by atoms with Gasteiger partial charge in [-0.25, -0.2) is 4.79 Å². The van der Waals surface area contributed by atoms with Crippen molar-refractivity contribution in [3.63, 3.8) is 0 Å². The van der Waals surface area contributed by atoms with Crippen molar-refractivity contribution in [1.82, 2.24) is 4.90 Å². The van der Waals surface area contributed by atoms with Crippen LogP contribution in [-0.4, -0.2) is 65.2 Å². The van der Waals surface area contributed by atoms with Crippen LogP contribution in [0, 0.1) is 34.5 Å². The number of nitrogens with zero attached hydrogens (tertiary/aromatic N) is 1. The molecule has 2 bridgehead atoms. The Morgan fingerprint density at radius 3 is 2.49 bits per heavy atom. The summed E-state index contributed by atoms with van der Waals surface area (Å²) in [5.41, 5.74) is -1.37.